The zero-order chi connectivity index (χ0) is 29.8. The highest BCUT2D eigenvalue weighted by Crippen LogP contribution is 2.40. The van der Waals surface area contributed by atoms with E-state index in [9.17, 15) is 9.59 Å². The molecule has 0 aromatic heterocycles. The van der Waals surface area contributed by atoms with Gasteiger partial charge in [0, 0.05) is 38.3 Å². The van der Waals surface area contributed by atoms with Crippen LogP contribution >= 0.6 is 23.2 Å². The van der Waals surface area contributed by atoms with E-state index >= 15 is 0 Å². The van der Waals surface area contributed by atoms with Crippen LogP contribution < -0.4 is 19.1 Å². The molecule has 0 spiro atoms. The summed E-state index contributed by atoms with van der Waals surface area (Å²) in [6, 6.07) is 17.1. The molecule has 1 saturated heterocycles. The zero-order valence-electron chi connectivity index (χ0n) is 23.8. The van der Waals surface area contributed by atoms with Crippen LogP contribution in [0, 0.1) is 0 Å². The highest BCUT2D eigenvalue weighted by Gasteiger charge is 2.31. The Morgan fingerprint density at radius 3 is 2.43 bits per heavy atom. The number of fused-ring (bicyclic) bond motifs is 1. The molecule has 2 aliphatic rings. The van der Waals surface area contributed by atoms with Crippen molar-refractivity contribution >= 4 is 40.7 Å². The van der Waals surface area contributed by atoms with Gasteiger partial charge in [-0.15, -0.1) is 0 Å². The highest BCUT2D eigenvalue weighted by molar-refractivity contribution is 6.42. The first-order valence-corrected chi connectivity index (χ1v) is 14.4. The van der Waals surface area contributed by atoms with Gasteiger partial charge in [0.15, 0.2) is 18.1 Å². The van der Waals surface area contributed by atoms with E-state index in [-0.39, 0.29) is 36.0 Å². The normalized spacial score (nSPS) is 15.9. The number of anilines is 1. The lowest BCUT2D eigenvalue weighted by Crippen LogP contribution is -2.48. The summed E-state index contributed by atoms with van der Waals surface area (Å²) >= 11 is 12.3. The fourth-order valence-electron chi connectivity index (χ4n) is 5.31. The molecule has 9 nitrogen and oxygen atoms in total. The van der Waals surface area contributed by atoms with Gasteiger partial charge in [-0.3, -0.25) is 19.4 Å². The van der Waals surface area contributed by atoms with Gasteiger partial charge in [-0.05, 0) is 23.3 Å². The fraction of sp³-hybridized carbons (Fsp3) is 0.355. The van der Waals surface area contributed by atoms with E-state index in [4.69, 9.17) is 42.1 Å². The average molecular weight is 615 g/mol. The van der Waals surface area contributed by atoms with E-state index < -0.39 is 0 Å². The van der Waals surface area contributed by atoms with E-state index in [1.165, 1.54) is 4.90 Å². The van der Waals surface area contributed by atoms with Gasteiger partial charge in [-0.1, -0.05) is 59.6 Å². The minimum absolute atomic E-state index is 0.0787. The van der Waals surface area contributed by atoms with E-state index in [1.807, 2.05) is 18.2 Å². The van der Waals surface area contributed by atoms with Crippen molar-refractivity contribution in [2.45, 2.75) is 6.04 Å². The second-order valence-corrected chi connectivity index (χ2v) is 10.9. The van der Waals surface area contributed by atoms with E-state index in [1.54, 1.807) is 38.3 Å². The number of likely N-dealkylation sites (N-methyl/N-ethyl adjacent to an activating group) is 1. The summed E-state index contributed by atoms with van der Waals surface area (Å²) < 4.78 is 22.2. The van der Waals surface area contributed by atoms with Crippen LogP contribution in [0.5, 0.6) is 17.2 Å². The van der Waals surface area contributed by atoms with Crippen molar-refractivity contribution in [3.05, 3.63) is 70.2 Å². The number of benzene rings is 3. The number of methoxy groups -OCH3 is 2. The maximum Gasteiger partial charge on any atom is 0.265 e. The number of amides is 2. The molecule has 1 atom stereocenters. The van der Waals surface area contributed by atoms with Gasteiger partial charge < -0.3 is 23.8 Å². The summed E-state index contributed by atoms with van der Waals surface area (Å²) in [6.07, 6.45) is 0. The van der Waals surface area contributed by atoms with Gasteiger partial charge >= 0.3 is 0 Å². The first-order valence-electron chi connectivity index (χ1n) is 13.6. The van der Waals surface area contributed by atoms with Crippen LogP contribution in [0.15, 0.2) is 54.6 Å². The Morgan fingerprint density at radius 1 is 1.02 bits per heavy atom. The predicted molar refractivity (Wildman–Crippen MR) is 162 cm³/mol. The fourth-order valence-corrected chi connectivity index (χ4v) is 5.62. The van der Waals surface area contributed by atoms with E-state index in [2.05, 4.69) is 29.2 Å². The zero-order valence-corrected chi connectivity index (χ0v) is 25.3. The van der Waals surface area contributed by atoms with Crippen molar-refractivity contribution in [3.63, 3.8) is 0 Å². The molecular formula is C31H33Cl2N3O6. The van der Waals surface area contributed by atoms with Crippen molar-refractivity contribution in [2.75, 3.05) is 72.2 Å². The van der Waals surface area contributed by atoms with E-state index in [0.29, 0.717) is 47.7 Å². The smallest absolute Gasteiger partial charge is 0.265 e. The molecule has 0 N–H and O–H groups in total. The first kappa shape index (κ1) is 30.0. The third kappa shape index (κ3) is 6.29. The summed E-state index contributed by atoms with van der Waals surface area (Å²) in [7, 11) is 5.00. The van der Waals surface area contributed by atoms with Crippen molar-refractivity contribution in [1.29, 1.82) is 0 Å². The largest absolute Gasteiger partial charge is 0.493 e. The Labute approximate surface area is 255 Å². The molecule has 2 heterocycles. The number of rotatable bonds is 9. The molecule has 2 aliphatic heterocycles. The number of ether oxygens (including phenoxy) is 4. The molecule has 42 heavy (non-hydrogen) atoms. The van der Waals surface area contributed by atoms with Crippen molar-refractivity contribution in [1.82, 2.24) is 9.80 Å². The minimum atomic E-state index is -0.323. The molecular weight excluding hydrogens is 581 g/mol. The second kappa shape index (κ2) is 13.2. The molecule has 0 aliphatic carbocycles. The minimum Gasteiger partial charge on any atom is -0.493 e. The van der Waals surface area contributed by atoms with Crippen molar-refractivity contribution in [3.8, 4) is 28.4 Å². The topological polar surface area (TPSA) is 80.8 Å². The van der Waals surface area contributed by atoms with Crippen LogP contribution in [0.25, 0.3) is 11.1 Å². The Balaban J connectivity index is 1.36. The van der Waals surface area contributed by atoms with Crippen LogP contribution in [-0.4, -0.2) is 88.9 Å². The van der Waals surface area contributed by atoms with Gasteiger partial charge in [0.1, 0.15) is 12.3 Å². The van der Waals surface area contributed by atoms with Crippen molar-refractivity contribution in [2.24, 2.45) is 0 Å². The van der Waals surface area contributed by atoms with Crippen molar-refractivity contribution < 1.29 is 28.5 Å². The number of halogens is 2. The standard InChI is InChI=1S/C31H33Cl2N3O6/c1-34(29(37)18-36-25-15-23(32)24(33)16-28(25)42-19-30(36)38)17-26(35-11-13-41-14-12-35)21-9-7-20(8-10-21)22-5-4-6-27(39-2)31(22)40-3/h4-10,15-16,26H,11-14,17-19H2,1-3H3. The quantitative estimate of drug-likeness (QED) is 0.338. The molecule has 3 aromatic rings. The predicted octanol–water partition coefficient (Wildman–Crippen LogP) is 4.93. The van der Waals surface area contributed by atoms with Gasteiger partial charge in [0.25, 0.3) is 5.91 Å². The SMILES string of the molecule is COc1cccc(-c2ccc(C(CN(C)C(=O)CN3C(=O)COc4cc(Cl)c(Cl)cc43)N3CCOCC3)cc2)c1OC. The summed E-state index contributed by atoms with van der Waals surface area (Å²) in [4.78, 5) is 31.6. The lowest BCUT2D eigenvalue weighted by molar-refractivity contribution is -0.131. The number of para-hydroxylation sites is 1. The van der Waals surface area contributed by atoms with Crippen LogP contribution in [-0.2, 0) is 14.3 Å². The monoisotopic (exact) mass is 613 g/mol. The number of nitrogens with zero attached hydrogens (tertiary/aromatic N) is 3. The van der Waals surface area contributed by atoms with Gasteiger partial charge in [0.2, 0.25) is 5.91 Å². The number of hydrogen-bond acceptors (Lipinski definition) is 7. The molecule has 1 fully saturated rings. The third-order valence-electron chi connectivity index (χ3n) is 7.61. The van der Waals surface area contributed by atoms with Gasteiger partial charge in [-0.2, -0.15) is 0 Å². The summed E-state index contributed by atoms with van der Waals surface area (Å²) in [5.74, 6) is 1.22. The molecule has 2 amide bonds. The van der Waals surface area contributed by atoms with Gasteiger partial charge in [0.05, 0.1) is 49.2 Å². The summed E-state index contributed by atoms with van der Waals surface area (Å²) in [5, 5.41) is 0.597. The number of carbonyl (C=O) groups is 2. The molecule has 0 saturated carbocycles. The lowest BCUT2D eigenvalue weighted by Gasteiger charge is -2.37. The molecule has 222 valence electrons. The molecule has 1 unspecified atom stereocenters. The highest BCUT2D eigenvalue weighted by atomic mass is 35.5. The maximum atomic E-state index is 13.5. The van der Waals surface area contributed by atoms with Gasteiger partial charge in [-0.25, -0.2) is 0 Å². The molecule has 0 bridgehead atoms. The molecule has 11 heteroatoms. The Morgan fingerprint density at radius 2 is 1.74 bits per heavy atom. The Kier molecular flexibility index (Phi) is 9.43. The lowest BCUT2D eigenvalue weighted by atomic mass is 9.98. The summed E-state index contributed by atoms with van der Waals surface area (Å²) in [5.41, 5.74) is 3.41. The van der Waals surface area contributed by atoms with Crippen LogP contribution in [0.3, 0.4) is 0 Å². The second-order valence-electron chi connectivity index (χ2n) is 10.1. The molecule has 5 rings (SSSR count). The Bertz CT molecular complexity index is 1450. The Hall–Kier alpha value is -3.50. The van der Waals surface area contributed by atoms with Crippen LogP contribution in [0.2, 0.25) is 10.0 Å². The maximum absolute atomic E-state index is 13.5. The summed E-state index contributed by atoms with van der Waals surface area (Å²) in [6.45, 7) is 2.83. The number of carbonyl (C=O) groups excluding carboxylic acids is 2. The molecule has 3 aromatic carbocycles. The van der Waals surface area contributed by atoms with Crippen LogP contribution in [0.4, 0.5) is 5.69 Å². The number of hydrogen-bond donors (Lipinski definition) is 0. The van der Waals surface area contributed by atoms with Crippen LogP contribution in [0.1, 0.15) is 11.6 Å². The number of morpholine rings is 1. The first-order chi connectivity index (χ1) is 20.3. The average Bonchev–Trinajstić information content (AvgIpc) is 3.02. The molecule has 0 radical (unpaired) electrons. The van der Waals surface area contributed by atoms with E-state index in [0.717, 1.165) is 29.8 Å². The third-order valence-corrected chi connectivity index (χ3v) is 8.33.